The number of benzene rings is 4. The van der Waals surface area contributed by atoms with Crippen LogP contribution in [0.4, 0.5) is 11.4 Å². The summed E-state index contributed by atoms with van der Waals surface area (Å²) in [7, 11) is 3.05. The Morgan fingerprint density at radius 3 is 1.24 bits per heavy atom. The highest BCUT2D eigenvalue weighted by Gasteiger charge is 2.21. The number of hydrogen-bond donors (Lipinski definition) is 2. The molecule has 37 heavy (non-hydrogen) atoms. The fraction of sp³-hybridized carbons (Fsp3) is 0.161. The van der Waals surface area contributed by atoms with Gasteiger partial charge in [-0.15, -0.1) is 0 Å². The molecular formula is C31H30N2O4. The van der Waals surface area contributed by atoms with Gasteiger partial charge in [-0.3, -0.25) is 9.59 Å². The van der Waals surface area contributed by atoms with Crippen LogP contribution in [0.3, 0.4) is 0 Å². The third kappa shape index (κ3) is 6.91. The number of amides is 2. The van der Waals surface area contributed by atoms with Gasteiger partial charge in [0.1, 0.15) is 0 Å². The molecule has 4 aromatic carbocycles. The molecule has 0 saturated carbocycles. The summed E-state index contributed by atoms with van der Waals surface area (Å²) in [5, 5.41) is 5.84. The molecule has 0 aliphatic carbocycles. The minimum Gasteiger partial charge on any atom is -0.367 e. The number of carbonyl (C=O) groups is 2. The number of methoxy groups -OCH3 is 2. The fourth-order valence-electron chi connectivity index (χ4n) is 4.11. The summed E-state index contributed by atoms with van der Waals surface area (Å²) < 4.78 is 10.8. The van der Waals surface area contributed by atoms with Crippen LogP contribution >= 0.6 is 0 Å². The Balaban J connectivity index is 1.33. The van der Waals surface area contributed by atoms with Gasteiger partial charge in [0.15, 0.2) is 12.2 Å². The summed E-state index contributed by atoms with van der Waals surface area (Å²) in [6.07, 6.45) is -0.629. The van der Waals surface area contributed by atoms with Gasteiger partial charge in [0.05, 0.1) is 0 Å². The number of carbonyl (C=O) groups excluding carboxylic acids is 2. The first-order valence-corrected chi connectivity index (χ1v) is 12.0. The largest absolute Gasteiger partial charge is 0.367 e. The molecule has 0 spiro atoms. The molecule has 188 valence electrons. The van der Waals surface area contributed by atoms with E-state index in [0.717, 1.165) is 28.7 Å². The summed E-state index contributed by atoms with van der Waals surface area (Å²) in [4.78, 5) is 25.4. The lowest BCUT2D eigenvalue weighted by atomic mass is 10.0. The second-order valence-electron chi connectivity index (χ2n) is 8.60. The number of nitrogens with one attached hydrogen (secondary N) is 2. The van der Waals surface area contributed by atoms with Crippen LogP contribution in [0.1, 0.15) is 34.5 Å². The first-order chi connectivity index (χ1) is 18.1. The van der Waals surface area contributed by atoms with Crippen LogP contribution in [0.2, 0.25) is 0 Å². The van der Waals surface area contributed by atoms with Gasteiger partial charge in [-0.1, -0.05) is 84.9 Å². The molecule has 2 amide bonds. The van der Waals surface area contributed by atoms with Crippen molar-refractivity contribution in [2.45, 2.75) is 18.6 Å². The van der Waals surface area contributed by atoms with Gasteiger partial charge in [0.25, 0.3) is 11.8 Å². The fourth-order valence-corrected chi connectivity index (χ4v) is 4.11. The van der Waals surface area contributed by atoms with Crippen LogP contribution in [-0.2, 0) is 25.5 Å². The quantitative estimate of drug-likeness (QED) is 0.287. The topological polar surface area (TPSA) is 76.7 Å². The highest BCUT2D eigenvalue weighted by molar-refractivity contribution is 5.95. The van der Waals surface area contributed by atoms with E-state index in [1.54, 1.807) is 0 Å². The monoisotopic (exact) mass is 494 g/mol. The molecular weight excluding hydrogens is 464 g/mol. The third-order valence-corrected chi connectivity index (χ3v) is 6.00. The van der Waals surface area contributed by atoms with Gasteiger partial charge >= 0.3 is 0 Å². The van der Waals surface area contributed by atoms with E-state index in [0.29, 0.717) is 11.4 Å². The van der Waals surface area contributed by atoms with Crippen molar-refractivity contribution in [3.63, 3.8) is 0 Å². The Kier molecular flexibility index (Phi) is 8.81. The standard InChI is InChI=1S/C31H30N2O4/c1-36-28(24-9-5-3-6-10-24)30(34)32-26-17-13-22(14-18-26)21-23-15-19-27(20-16-23)33-31(35)29(37-2)25-11-7-4-8-12-25/h3-20,28-29H,21H2,1-2H3,(H,32,34)(H,33,35)/t28-,29-/m1/s1. The summed E-state index contributed by atoms with van der Waals surface area (Å²) in [5.41, 5.74) is 5.22. The normalized spacial score (nSPS) is 12.4. The minimum atomic E-state index is -0.674. The van der Waals surface area contributed by atoms with E-state index in [1.165, 1.54) is 14.2 Å². The van der Waals surface area contributed by atoms with Crippen LogP contribution in [-0.4, -0.2) is 26.0 Å². The van der Waals surface area contributed by atoms with E-state index < -0.39 is 12.2 Å². The molecule has 2 N–H and O–H groups in total. The molecule has 4 rings (SSSR count). The van der Waals surface area contributed by atoms with Crippen molar-refractivity contribution in [1.29, 1.82) is 0 Å². The molecule has 0 saturated heterocycles. The molecule has 2 atom stereocenters. The number of rotatable bonds is 10. The predicted octanol–water partition coefficient (Wildman–Crippen LogP) is 5.93. The van der Waals surface area contributed by atoms with Crippen LogP contribution in [0.25, 0.3) is 0 Å². The Morgan fingerprint density at radius 1 is 0.568 bits per heavy atom. The van der Waals surface area contributed by atoms with Crippen molar-refractivity contribution < 1.29 is 19.1 Å². The van der Waals surface area contributed by atoms with E-state index >= 15 is 0 Å². The van der Waals surface area contributed by atoms with Gasteiger partial charge in [-0.25, -0.2) is 0 Å². The summed E-state index contributed by atoms with van der Waals surface area (Å²) >= 11 is 0. The lowest BCUT2D eigenvalue weighted by Gasteiger charge is -2.16. The molecule has 6 nitrogen and oxygen atoms in total. The first kappa shape index (κ1) is 25.8. The van der Waals surface area contributed by atoms with Crippen LogP contribution in [0.5, 0.6) is 0 Å². The maximum Gasteiger partial charge on any atom is 0.258 e. The minimum absolute atomic E-state index is 0.220. The van der Waals surface area contributed by atoms with Crippen molar-refractivity contribution in [2.75, 3.05) is 24.9 Å². The molecule has 0 aromatic heterocycles. The zero-order valence-corrected chi connectivity index (χ0v) is 20.9. The molecule has 4 aromatic rings. The molecule has 0 radical (unpaired) electrons. The zero-order valence-electron chi connectivity index (χ0n) is 20.9. The molecule has 6 heteroatoms. The Bertz CT molecular complexity index is 1190. The van der Waals surface area contributed by atoms with E-state index in [-0.39, 0.29) is 11.8 Å². The highest BCUT2D eigenvalue weighted by Crippen LogP contribution is 2.22. The van der Waals surface area contributed by atoms with Crippen LogP contribution in [0.15, 0.2) is 109 Å². The Hall–Kier alpha value is -4.26. The van der Waals surface area contributed by atoms with Crippen LogP contribution in [0, 0.1) is 0 Å². The molecule has 0 heterocycles. The van der Waals surface area contributed by atoms with Gasteiger partial charge < -0.3 is 20.1 Å². The van der Waals surface area contributed by atoms with Gasteiger partial charge in [0, 0.05) is 25.6 Å². The zero-order chi connectivity index (χ0) is 26.0. The van der Waals surface area contributed by atoms with E-state index in [9.17, 15) is 9.59 Å². The second-order valence-corrected chi connectivity index (χ2v) is 8.60. The maximum atomic E-state index is 12.7. The van der Waals surface area contributed by atoms with Crippen molar-refractivity contribution in [3.8, 4) is 0 Å². The maximum absolute atomic E-state index is 12.7. The van der Waals surface area contributed by atoms with Crippen molar-refractivity contribution in [2.24, 2.45) is 0 Å². The molecule has 0 fully saturated rings. The van der Waals surface area contributed by atoms with Gasteiger partial charge in [-0.2, -0.15) is 0 Å². The first-order valence-electron chi connectivity index (χ1n) is 12.0. The third-order valence-electron chi connectivity index (χ3n) is 6.00. The lowest BCUT2D eigenvalue weighted by Crippen LogP contribution is -2.22. The Morgan fingerprint density at radius 2 is 0.919 bits per heavy atom. The van der Waals surface area contributed by atoms with Crippen molar-refractivity contribution in [1.82, 2.24) is 0 Å². The van der Waals surface area contributed by atoms with E-state index in [4.69, 9.17) is 9.47 Å². The smallest absolute Gasteiger partial charge is 0.258 e. The number of anilines is 2. The number of ether oxygens (including phenoxy) is 2. The molecule has 0 unspecified atom stereocenters. The van der Waals surface area contributed by atoms with E-state index in [2.05, 4.69) is 10.6 Å². The van der Waals surface area contributed by atoms with Crippen molar-refractivity contribution >= 4 is 23.2 Å². The van der Waals surface area contributed by atoms with Gasteiger partial charge in [0.2, 0.25) is 0 Å². The average molecular weight is 495 g/mol. The van der Waals surface area contributed by atoms with E-state index in [1.807, 2.05) is 109 Å². The van der Waals surface area contributed by atoms with Crippen molar-refractivity contribution in [3.05, 3.63) is 131 Å². The van der Waals surface area contributed by atoms with Gasteiger partial charge in [-0.05, 0) is 52.9 Å². The van der Waals surface area contributed by atoms with Crippen LogP contribution < -0.4 is 10.6 Å². The Labute approximate surface area is 217 Å². The second kappa shape index (κ2) is 12.6. The highest BCUT2D eigenvalue weighted by atomic mass is 16.5. The summed E-state index contributed by atoms with van der Waals surface area (Å²) in [6, 6.07) is 34.3. The summed E-state index contributed by atoms with van der Waals surface area (Å²) in [6.45, 7) is 0. The average Bonchev–Trinajstić information content (AvgIpc) is 2.93. The number of hydrogen-bond acceptors (Lipinski definition) is 4. The molecule has 0 bridgehead atoms. The SMILES string of the molecule is CO[C@@H](C(=O)Nc1ccc(Cc2ccc(NC(=O)[C@H](OC)c3ccccc3)cc2)cc1)c1ccccc1. The molecule has 0 aliphatic rings. The predicted molar refractivity (Wildman–Crippen MR) is 145 cm³/mol. The lowest BCUT2D eigenvalue weighted by molar-refractivity contribution is -0.126. The summed E-state index contributed by atoms with van der Waals surface area (Å²) in [5.74, 6) is -0.441. The molecule has 0 aliphatic heterocycles.